The summed E-state index contributed by atoms with van der Waals surface area (Å²) in [6, 6.07) is 5.71. The maximum Gasteiger partial charge on any atom is 0.164 e. The number of aromatic nitrogens is 1. The van der Waals surface area contributed by atoms with Crippen molar-refractivity contribution in [3.05, 3.63) is 28.8 Å². The number of hydrogen-bond acceptors (Lipinski definition) is 4. The Balaban J connectivity index is 2.40. The molecule has 2 aromatic rings. The summed E-state index contributed by atoms with van der Waals surface area (Å²) in [4.78, 5) is 16.3. The van der Waals surface area contributed by atoms with Crippen molar-refractivity contribution in [1.82, 2.24) is 4.98 Å². The van der Waals surface area contributed by atoms with Gasteiger partial charge in [-0.1, -0.05) is 13.8 Å². The van der Waals surface area contributed by atoms with Crippen molar-refractivity contribution in [1.29, 1.82) is 0 Å². The Bertz CT molecular complexity index is 545. The van der Waals surface area contributed by atoms with Crippen LogP contribution in [-0.4, -0.2) is 17.3 Å². The molecule has 90 valence electrons. The third-order valence-electron chi connectivity index (χ3n) is 2.59. The van der Waals surface area contributed by atoms with Crippen molar-refractivity contribution in [3.8, 4) is 0 Å². The van der Waals surface area contributed by atoms with Crippen LogP contribution in [0.5, 0.6) is 0 Å². The van der Waals surface area contributed by atoms with Crippen LogP contribution in [0.3, 0.4) is 0 Å². The normalized spacial score (nSPS) is 11.3. The summed E-state index contributed by atoms with van der Waals surface area (Å²) in [5.74, 6) is 0.518. The second-order valence-electron chi connectivity index (χ2n) is 4.35. The lowest BCUT2D eigenvalue weighted by Gasteiger charge is -1.98. The molecule has 0 saturated heterocycles. The molecule has 2 N–H and O–H groups in total. The molecule has 0 bridgehead atoms. The van der Waals surface area contributed by atoms with E-state index in [0.29, 0.717) is 24.4 Å². The Morgan fingerprint density at radius 1 is 1.47 bits per heavy atom. The number of nitrogens with two attached hydrogens (primary N) is 1. The zero-order chi connectivity index (χ0) is 12.4. The van der Waals surface area contributed by atoms with Gasteiger partial charge in [0.15, 0.2) is 5.78 Å². The summed E-state index contributed by atoms with van der Waals surface area (Å²) in [6.45, 7) is 4.64. The molecule has 0 spiro atoms. The fourth-order valence-corrected chi connectivity index (χ4v) is 2.59. The summed E-state index contributed by atoms with van der Waals surface area (Å²) in [5.41, 5.74) is 7.02. The van der Waals surface area contributed by atoms with E-state index >= 15 is 0 Å². The summed E-state index contributed by atoms with van der Waals surface area (Å²) in [5, 5.41) is 1.11. The molecule has 3 nitrogen and oxygen atoms in total. The minimum atomic E-state index is 0.0912. The molecule has 17 heavy (non-hydrogen) atoms. The number of benzene rings is 1. The van der Waals surface area contributed by atoms with Gasteiger partial charge >= 0.3 is 0 Å². The van der Waals surface area contributed by atoms with E-state index in [2.05, 4.69) is 18.8 Å². The van der Waals surface area contributed by atoms with Crippen LogP contribution in [0, 0.1) is 0 Å². The van der Waals surface area contributed by atoms with Gasteiger partial charge in [0.2, 0.25) is 0 Å². The Morgan fingerprint density at radius 3 is 2.88 bits per heavy atom. The topological polar surface area (TPSA) is 56.0 Å². The largest absolute Gasteiger partial charge is 0.330 e. The van der Waals surface area contributed by atoms with E-state index in [4.69, 9.17) is 5.73 Å². The van der Waals surface area contributed by atoms with Crippen LogP contribution in [0.25, 0.3) is 10.2 Å². The maximum atomic E-state index is 11.7. The number of rotatable bonds is 4. The molecule has 1 aromatic carbocycles. The third kappa shape index (κ3) is 2.53. The fourth-order valence-electron chi connectivity index (χ4n) is 1.64. The molecule has 4 heteroatoms. The minimum absolute atomic E-state index is 0.0912. The zero-order valence-electron chi connectivity index (χ0n) is 10.1. The molecule has 0 fully saturated rings. The second-order valence-corrected chi connectivity index (χ2v) is 5.41. The molecular weight excluding hydrogens is 232 g/mol. The summed E-state index contributed by atoms with van der Waals surface area (Å²) < 4.78 is 1.14. The third-order valence-corrected chi connectivity index (χ3v) is 3.93. The fraction of sp³-hybridized carbons (Fsp3) is 0.385. The zero-order valence-corrected chi connectivity index (χ0v) is 10.9. The number of thiazole rings is 1. The second kappa shape index (κ2) is 4.94. The van der Waals surface area contributed by atoms with Crippen LogP contribution in [0.1, 0.15) is 41.6 Å². The number of hydrogen-bond donors (Lipinski definition) is 1. The lowest BCUT2D eigenvalue weighted by Crippen LogP contribution is -2.07. The van der Waals surface area contributed by atoms with Gasteiger partial charge in [0, 0.05) is 17.9 Å². The molecule has 0 aliphatic carbocycles. The number of fused-ring (bicyclic) bond motifs is 1. The highest BCUT2D eigenvalue weighted by molar-refractivity contribution is 7.18. The van der Waals surface area contributed by atoms with Crippen LogP contribution in [-0.2, 0) is 0 Å². The number of Topliss-reactive ketones (excluding diaryl/α,β-unsaturated/α-hetero) is 1. The first kappa shape index (κ1) is 12.2. The monoisotopic (exact) mass is 248 g/mol. The number of ketones is 1. The Morgan fingerprint density at radius 2 is 2.24 bits per heavy atom. The predicted molar refractivity (Wildman–Crippen MR) is 71.7 cm³/mol. The summed E-state index contributed by atoms with van der Waals surface area (Å²) >= 11 is 1.69. The number of carbonyl (C=O) groups is 1. The van der Waals surface area contributed by atoms with E-state index in [1.54, 1.807) is 11.3 Å². The van der Waals surface area contributed by atoms with E-state index in [1.165, 1.54) is 0 Å². The molecule has 0 atom stereocenters. The highest BCUT2D eigenvalue weighted by Crippen LogP contribution is 2.27. The smallest absolute Gasteiger partial charge is 0.164 e. The van der Waals surface area contributed by atoms with Crippen LogP contribution < -0.4 is 5.73 Å². The SMILES string of the molecule is CC(C)c1nc2cc(C(=O)CCN)ccc2s1. The van der Waals surface area contributed by atoms with Crippen molar-refractivity contribution in [2.45, 2.75) is 26.2 Å². The minimum Gasteiger partial charge on any atom is -0.330 e. The molecule has 1 heterocycles. The van der Waals surface area contributed by atoms with Gasteiger partial charge in [0.05, 0.1) is 15.2 Å². The van der Waals surface area contributed by atoms with Crippen LogP contribution in [0.2, 0.25) is 0 Å². The molecule has 0 unspecified atom stereocenters. The summed E-state index contributed by atoms with van der Waals surface area (Å²) in [6.07, 6.45) is 0.396. The van der Waals surface area contributed by atoms with E-state index in [-0.39, 0.29) is 5.78 Å². The van der Waals surface area contributed by atoms with E-state index in [0.717, 1.165) is 15.2 Å². The van der Waals surface area contributed by atoms with Gasteiger partial charge in [0.1, 0.15) is 0 Å². The molecule has 1 aromatic heterocycles. The van der Waals surface area contributed by atoms with Crippen molar-refractivity contribution >= 4 is 27.3 Å². The van der Waals surface area contributed by atoms with Gasteiger partial charge in [-0.15, -0.1) is 11.3 Å². The van der Waals surface area contributed by atoms with Gasteiger partial charge < -0.3 is 5.73 Å². The molecule has 0 saturated carbocycles. The van der Waals surface area contributed by atoms with Gasteiger partial charge in [0.25, 0.3) is 0 Å². The first-order valence-corrected chi connectivity index (χ1v) is 6.57. The van der Waals surface area contributed by atoms with Crippen LogP contribution >= 0.6 is 11.3 Å². The average Bonchev–Trinajstić information content (AvgIpc) is 2.71. The van der Waals surface area contributed by atoms with Crippen LogP contribution in [0.4, 0.5) is 0 Å². The summed E-state index contributed by atoms with van der Waals surface area (Å²) in [7, 11) is 0. The van der Waals surface area contributed by atoms with Gasteiger partial charge in [-0.2, -0.15) is 0 Å². The first-order chi connectivity index (χ1) is 8.11. The quantitative estimate of drug-likeness (QED) is 0.846. The van der Waals surface area contributed by atoms with E-state index < -0.39 is 0 Å². The Kier molecular flexibility index (Phi) is 3.54. The van der Waals surface area contributed by atoms with Crippen molar-refractivity contribution in [2.75, 3.05) is 6.54 Å². The van der Waals surface area contributed by atoms with Crippen molar-refractivity contribution in [2.24, 2.45) is 5.73 Å². The van der Waals surface area contributed by atoms with Crippen molar-refractivity contribution in [3.63, 3.8) is 0 Å². The van der Waals surface area contributed by atoms with Crippen LogP contribution in [0.15, 0.2) is 18.2 Å². The number of carbonyl (C=O) groups excluding carboxylic acids is 1. The Hall–Kier alpha value is -1.26. The molecule has 0 aliphatic rings. The van der Waals surface area contributed by atoms with E-state index in [1.807, 2.05) is 18.2 Å². The standard InChI is InChI=1S/C13H16N2OS/c1-8(2)13-15-10-7-9(11(16)5-6-14)3-4-12(10)17-13/h3-4,7-8H,5-6,14H2,1-2H3. The highest BCUT2D eigenvalue weighted by Gasteiger charge is 2.10. The lowest BCUT2D eigenvalue weighted by atomic mass is 10.1. The van der Waals surface area contributed by atoms with Crippen molar-refractivity contribution < 1.29 is 4.79 Å². The maximum absolute atomic E-state index is 11.7. The lowest BCUT2D eigenvalue weighted by molar-refractivity contribution is 0.0985. The van der Waals surface area contributed by atoms with Gasteiger partial charge in [-0.3, -0.25) is 4.79 Å². The molecule has 0 aliphatic heterocycles. The first-order valence-electron chi connectivity index (χ1n) is 5.75. The van der Waals surface area contributed by atoms with Gasteiger partial charge in [-0.25, -0.2) is 4.98 Å². The molecule has 0 amide bonds. The predicted octanol–water partition coefficient (Wildman–Crippen LogP) is 2.95. The Labute approximate surface area is 105 Å². The molecular formula is C13H16N2OS. The van der Waals surface area contributed by atoms with Gasteiger partial charge in [-0.05, 0) is 24.7 Å². The highest BCUT2D eigenvalue weighted by atomic mass is 32.1. The van der Waals surface area contributed by atoms with E-state index in [9.17, 15) is 4.79 Å². The molecule has 0 radical (unpaired) electrons. The molecule has 2 rings (SSSR count). The number of nitrogens with zero attached hydrogens (tertiary/aromatic N) is 1. The average molecular weight is 248 g/mol.